The molecule has 3 amide bonds. The molecule has 2 aliphatic rings. The molecule has 9 nitrogen and oxygen atoms in total. The predicted molar refractivity (Wildman–Crippen MR) is 143 cm³/mol. The number of benzene rings is 2. The summed E-state index contributed by atoms with van der Waals surface area (Å²) in [5.41, 5.74) is 7.39. The number of ether oxygens (including phenoxy) is 1. The Labute approximate surface area is 223 Å². The molecule has 37 heavy (non-hydrogen) atoms. The lowest BCUT2D eigenvalue weighted by Gasteiger charge is -2.34. The van der Waals surface area contributed by atoms with Crippen LogP contribution in [0.2, 0.25) is 0 Å². The number of nitrogens with two attached hydrogens (primary N) is 1. The van der Waals surface area contributed by atoms with Crippen LogP contribution < -0.4 is 5.73 Å². The standard InChI is InChI=1S/C27H33N5O4.ClH/c1-19(2)17-27(22-10-5-4-6-11-22)24(34)32(25(28)29-27)18-20-8-7-9-21(16-20)23(33)30-12-14-31(15-13-30)26(35)36-3;/h4-11,16,19H,12-15,17-18H2,1-3H3,(H2,28,29);1H/t27-;/m1./s1. The molecule has 0 aliphatic carbocycles. The number of halogens is 1. The molecule has 0 bridgehead atoms. The van der Waals surface area contributed by atoms with Gasteiger partial charge in [-0.3, -0.25) is 14.5 Å². The van der Waals surface area contributed by atoms with Crippen molar-refractivity contribution in [2.45, 2.75) is 32.4 Å². The summed E-state index contributed by atoms with van der Waals surface area (Å²) < 4.78 is 4.76. The Hall–Kier alpha value is -3.59. The minimum atomic E-state index is -1.05. The van der Waals surface area contributed by atoms with Gasteiger partial charge in [0.15, 0.2) is 11.5 Å². The van der Waals surface area contributed by atoms with E-state index in [-0.39, 0.29) is 48.7 Å². The van der Waals surface area contributed by atoms with E-state index in [1.165, 1.54) is 12.0 Å². The van der Waals surface area contributed by atoms with Crippen LogP contribution in [0.5, 0.6) is 0 Å². The number of rotatable bonds is 6. The molecule has 0 saturated carbocycles. The normalized spacial score (nSPS) is 19.5. The van der Waals surface area contributed by atoms with E-state index in [1.54, 1.807) is 28.0 Å². The van der Waals surface area contributed by atoms with Gasteiger partial charge in [0.1, 0.15) is 0 Å². The maximum atomic E-state index is 13.8. The summed E-state index contributed by atoms with van der Waals surface area (Å²) in [7, 11) is 1.35. The van der Waals surface area contributed by atoms with E-state index in [2.05, 4.69) is 13.8 Å². The third-order valence-electron chi connectivity index (χ3n) is 6.65. The van der Waals surface area contributed by atoms with E-state index in [1.807, 2.05) is 36.4 Å². The molecule has 1 atom stereocenters. The van der Waals surface area contributed by atoms with Gasteiger partial charge in [-0.05, 0) is 35.6 Å². The third-order valence-corrected chi connectivity index (χ3v) is 6.65. The first-order chi connectivity index (χ1) is 17.2. The Kier molecular flexibility index (Phi) is 8.81. The molecule has 1 fully saturated rings. The molecule has 0 unspecified atom stereocenters. The number of hydrogen-bond acceptors (Lipinski definition) is 6. The van der Waals surface area contributed by atoms with Gasteiger partial charge < -0.3 is 20.3 Å². The fraction of sp³-hybridized carbons (Fsp3) is 0.407. The van der Waals surface area contributed by atoms with Crippen molar-refractivity contribution in [3.8, 4) is 0 Å². The molecule has 0 aromatic heterocycles. The van der Waals surface area contributed by atoms with E-state index in [0.717, 1.165) is 11.1 Å². The monoisotopic (exact) mass is 527 g/mol. The van der Waals surface area contributed by atoms with Crippen LogP contribution in [0.3, 0.4) is 0 Å². The minimum Gasteiger partial charge on any atom is -0.453 e. The average Bonchev–Trinajstić information content (AvgIpc) is 3.13. The number of aliphatic imine (C=N–C) groups is 1. The van der Waals surface area contributed by atoms with Crippen LogP contribution in [-0.2, 0) is 21.6 Å². The second-order valence-corrected chi connectivity index (χ2v) is 9.64. The van der Waals surface area contributed by atoms with Crippen molar-refractivity contribution in [1.29, 1.82) is 0 Å². The first-order valence-corrected chi connectivity index (χ1v) is 12.2. The number of guanidine groups is 1. The maximum absolute atomic E-state index is 13.8. The van der Waals surface area contributed by atoms with E-state index in [0.29, 0.717) is 38.2 Å². The number of piperazine rings is 1. The first-order valence-electron chi connectivity index (χ1n) is 12.2. The van der Waals surface area contributed by atoms with E-state index >= 15 is 0 Å². The molecular weight excluding hydrogens is 494 g/mol. The van der Waals surface area contributed by atoms with E-state index in [9.17, 15) is 14.4 Å². The highest BCUT2D eigenvalue weighted by atomic mass is 35.5. The average molecular weight is 528 g/mol. The lowest BCUT2D eigenvalue weighted by atomic mass is 9.82. The van der Waals surface area contributed by atoms with Crippen LogP contribution in [0.15, 0.2) is 59.6 Å². The van der Waals surface area contributed by atoms with Crippen LogP contribution in [0.25, 0.3) is 0 Å². The predicted octanol–water partition coefficient (Wildman–Crippen LogP) is 3.23. The zero-order valence-corrected chi connectivity index (χ0v) is 22.2. The number of hydrogen-bond donors (Lipinski definition) is 1. The molecule has 2 aromatic rings. The summed E-state index contributed by atoms with van der Waals surface area (Å²) in [5, 5.41) is 0. The van der Waals surface area contributed by atoms with Gasteiger partial charge in [0.2, 0.25) is 0 Å². The molecule has 4 rings (SSSR count). The van der Waals surface area contributed by atoms with Crippen molar-refractivity contribution in [1.82, 2.24) is 14.7 Å². The quantitative estimate of drug-likeness (QED) is 0.620. The minimum absolute atomic E-state index is 0. The summed E-state index contributed by atoms with van der Waals surface area (Å²) in [6.07, 6.45) is 0.158. The zero-order valence-electron chi connectivity index (χ0n) is 21.4. The Morgan fingerprint density at radius 2 is 1.68 bits per heavy atom. The van der Waals surface area contributed by atoms with Crippen molar-refractivity contribution in [3.63, 3.8) is 0 Å². The maximum Gasteiger partial charge on any atom is 0.409 e. The second kappa shape index (κ2) is 11.6. The molecule has 2 N–H and O–H groups in total. The summed E-state index contributed by atoms with van der Waals surface area (Å²) in [6.45, 7) is 6.04. The third kappa shape index (κ3) is 5.72. The molecule has 2 aliphatic heterocycles. The van der Waals surface area contributed by atoms with Crippen LogP contribution in [-0.4, -0.2) is 71.9 Å². The zero-order chi connectivity index (χ0) is 25.9. The fourth-order valence-corrected chi connectivity index (χ4v) is 4.92. The van der Waals surface area contributed by atoms with Gasteiger partial charge in [0, 0.05) is 31.7 Å². The van der Waals surface area contributed by atoms with Crippen LogP contribution in [0, 0.1) is 5.92 Å². The lowest BCUT2D eigenvalue weighted by molar-refractivity contribution is -0.132. The topological polar surface area (TPSA) is 109 Å². The van der Waals surface area contributed by atoms with Crippen LogP contribution in [0.4, 0.5) is 4.79 Å². The molecule has 198 valence electrons. The van der Waals surface area contributed by atoms with Gasteiger partial charge in [-0.2, -0.15) is 0 Å². The van der Waals surface area contributed by atoms with Gasteiger partial charge >= 0.3 is 6.09 Å². The number of amides is 3. The largest absolute Gasteiger partial charge is 0.453 e. The molecule has 2 heterocycles. The number of carbonyl (C=O) groups is 3. The van der Waals surface area contributed by atoms with Gasteiger partial charge in [-0.25, -0.2) is 9.79 Å². The highest BCUT2D eigenvalue weighted by Gasteiger charge is 2.49. The fourth-order valence-electron chi connectivity index (χ4n) is 4.92. The van der Waals surface area contributed by atoms with Crippen molar-refractivity contribution in [2.24, 2.45) is 16.6 Å². The second-order valence-electron chi connectivity index (χ2n) is 9.64. The molecule has 1 saturated heterocycles. The van der Waals surface area contributed by atoms with Crippen molar-refractivity contribution >= 4 is 36.3 Å². The number of nitrogens with zero attached hydrogens (tertiary/aromatic N) is 4. The Balaban J connectivity index is 0.00000380. The summed E-state index contributed by atoms with van der Waals surface area (Å²) in [6, 6.07) is 16.8. The molecule has 10 heteroatoms. The first kappa shape index (κ1) is 28.0. The van der Waals surface area contributed by atoms with Crippen molar-refractivity contribution in [3.05, 3.63) is 71.3 Å². The Morgan fingerprint density at radius 1 is 1.03 bits per heavy atom. The van der Waals surface area contributed by atoms with Crippen molar-refractivity contribution < 1.29 is 19.1 Å². The Bertz CT molecular complexity index is 1160. The van der Waals surface area contributed by atoms with Gasteiger partial charge in [-0.15, -0.1) is 12.4 Å². The summed E-state index contributed by atoms with van der Waals surface area (Å²) >= 11 is 0. The SMILES string of the molecule is COC(=O)N1CCN(C(=O)c2cccc(CN3C(=O)[C@@](CC(C)C)(c4ccccc4)N=C3N)c2)CC1.Cl. The highest BCUT2D eigenvalue weighted by Crippen LogP contribution is 2.39. The van der Waals surface area contributed by atoms with Crippen LogP contribution >= 0.6 is 12.4 Å². The van der Waals surface area contributed by atoms with Gasteiger partial charge in [0.05, 0.1) is 13.7 Å². The lowest BCUT2D eigenvalue weighted by Crippen LogP contribution is -2.50. The smallest absolute Gasteiger partial charge is 0.409 e. The number of carbonyl (C=O) groups excluding carboxylic acids is 3. The van der Waals surface area contributed by atoms with Gasteiger partial charge in [0.25, 0.3) is 11.8 Å². The molecule has 0 spiro atoms. The highest BCUT2D eigenvalue weighted by molar-refractivity contribution is 6.07. The van der Waals surface area contributed by atoms with E-state index < -0.39 is 5.54 Å². The summed E-state index contributed by atoms with van der Waals surface area (Å²) in [4.78, 5) is 48.1. The van der Waals surface area contributed by atoms with Gasteiger partial charge in [-0.1, -0.05) is 56.3 Å². The van der Waals surface area contributed by atoms with Crippen LogP contribution in [0.1, 0.15) is 41.8 Å². The number of methoxy groups -OCH3 is 1. The molecule has 0 radical (unpaired) electrons. The van der Waals surface area contributed by atoms with E-state index in [4.69, 9.17) is 15.5 Å². The molecular formula is C27H34ClN5O4. The summed E-state index contributed by atoms with van der Waals surface area (Å²) in [5.74, 6) is 0.135. The van der Waals surface area contributed by atoms with Crippen molar-refractivity contribution in [2.75, 3.05) is 33.3 Å². The Morgan fingerprint density at radius 3 is 2.30 bits per heavy atom. The molecule has 2 aromatic carbocycles.